The summed E-state index contributed by atoms with van der Waals surface area (Å²) in [5, 5.41) is 8.37. The molecule has 13 heteroatoms. The third-order valence-corrected chi connectivity index (χ3v) is 9.80. The van der Waals surface area contributed by atoms with Crippen molar-refractivity contribution in [2.24, 2.45) is 18.9 Å². The number of alkyl halides is 3. The van der Waals surface area contributed by atoms with Gasteiger partial charge in [0.2, 0.25) is 5.91 Å². The number of halogens is 3. The van der Waals surface area contributed by atoms with E-state index < -0.39 is 33.8 Å². The number of fused-ring (bicyclic) bond motifs is 1. The van der Waals surface area contributed by atoms with Crippen molar-refractivity contribution in [1.29, 1.82) is 0 Å². The summed E-state index contributed by atoms with van der Waals surface area (Å²) in [6.45, 7) is 0.170. The summed E-state index contributed by atoms with van der Waals surface area (Å²) in [4.78, 5) is 14.9. The number of nitrogens with one attached hydrogen (secondary N) is 1. The maximum atomic E-state index is 14.3. The molecular formula is C27H29F3N6O3S. The van der Waals surface area contributed by atoms with Gasteiger partial charge < -0.3 is 4.57 Å². The molecule has 6 rings (SSSR count). The molecule has 1 saturated heterocycles. The number of carbonyl (C=O) groups is 1. The highest BCUT2D eigenvalue weighted by atomic mass is 32.2. The van der Waals surface area contributed by atoms with Gasteiger partial charge in [-0.05, 0) is 60.1 Å². The molecule has 1 aromatic heterocycles. The number of aryl methyl sites for hydroxylation is 1. The fourth-order valence-corrected chi connectivity index (χ4v) is 7.14. The Balaban J connectivity index is 1.34. The number of allylic oxidation sites excluding steroid dienone is 2. The highest BCUT2D eigenvalue weighted by molar-refractivity contribution is 7.87. The molecule has 40 heavy (non-hydrogen) atoms. The first-order valence-electron chi connectivity index (χ1n) is 13.2. The minimum Gasteiger partial charge on any atom is -0.320 e. The van der Waals surface area contributed by atoms with Gasteiger partial charge in [-0.15, -0.1) is 10.2 Å². The minimum absolute atomic E-state index is 0.0375. The predicted molar refractivity (Wildman–Crippen MR) is 141 cm³/mol. The quantitative estimate of drug-likeness (QED) is 0.569. The Morgan fingerprint density at radius 3 is 2.65 bits per heavy atom. The predicted octanol–water partition coefficient (Wildman–Crippen LogP) is 3.56. The lowest BCUT2D eigenvalue weighted by atomic mass is 9.72. The van der Waals surface area contributed by atoms with E-state index in [0.29, 0.717) is 11.6 Å². The lowest BCUT2D eigenvalue weighted by molar-refractivity contribution is -0.120. The van der Waals surface area contributed by atoms with Gasteiger partial charge >= 0.3 is 6.18 Å². The molecule has 2 aliphatic carbocycles. The normalized spacial score (nSPS) is 24.2. The minimum atomic E-state index is -4.73. The Morgan fingerprint density at radius 2 is 2.02 bits per heavy atom. The molecule has 2 aromatic rings. The first-order chi connectivity index (χ1) is 19.0. The van der Waals surface area contributed by atoms with Gasteiger partial charge in [0.1, 0.15) is 12.2 Å². The van der Waals surface area contributed by atoms with Crippen LogP contribution in [0.1, 0.15) is 43.0 Å². The van der Waals surface area contributed by atoms with Gasteiger partial charge in [-0.3, -0.25) is 9.69 Å². The molecule has 3 heterocycles. The maximum Gasteiger partial charge on any atom is 0.416 e. The van der Waals surface area contributed by atoms with Crippen molar-refractivity contribution in [2.45, 2.75) is 37.8 Å². The SMILES string of the molecule is Cn1cnnc1[C@@H](c1cccc(N2C=C3C(C(F)(F)F)=CC(CN4CCNS4(=O)=O)=CCC3C2=O)c1)C1CCC1. The van der Waals surface area contributed by atoms with Crippen molar-refractivity contribution in [3.8, 4) is 0 Å². The van der Waals surface area contributed by atoms with Crippen LogP contribution in [0.5, 0.6) is 0 Å². The van der Waals surface area contributed by atoms with Crippen LogP contribution in [-0.4, -0.2) is 59.2 Å². The van der Waals surface area contributed by atoms with Gasteiger partial charge in [0.05, 0.1) is 11.5 Å². The smallest absolute Gasteiger partial charge is 0.320 e. The first kappa shape index (κ1) is 26.9. The van der Waals surface area contributed by atoms with Crippen molar-refractivity contribution in [1.82, 2.24) is 23.8 Å². The molecule has 0 radical (unpaired) electrons. The highest BCUT2D eigenvalue weighted by Gasteiger charge is 2.46. The molecule has 1 unspecified atom stereocenters. The largest absolute Gasteiger partial charge is 0.416 e. The fraction of sp³-hybridized carbons (Fsp3) is 0.444. The van der Waals surface area contributed by atoms with E-state index >= 15 is 0 Å². The Morgan fingerprint density at radius 1 is 1.23 bits per heavy atom. The van der Waals surface area contributed by atoms with Crippen molar-refractivity contribution >= 4 is 21.8 Å². The summed E-state index contributed by atoms with van der Waals surface area (Å²) in [5.74, 6) is -0.328. The van der Waals surface area contributed by atoms with Crippen molar-refractivity contribution in [3.63, 3.8) is 0 Å². The van der Waals surface area contributed by atoms with Crippen LogP contribution in [0.2, 0.25) is 0 Å². The Kier molecular flexibility index (Phi) is 6.70. The summed E-state index contributed by atoms with van der Waals surface area (Å²) < 4.78 is 72.6. The monoisotopic (exact) mass is 574 g/mol. The molecule has 212 valence electrons. The van der Waals surface area contributed by atoms with E-state index in [0.717, 1.165) is 41.0 Å². The first-order valence-corrected chi connectivity index (χ1v) is 14.7. The van der Waals surface area contributed by atoms with E-state index in [1.807, 2.05) is 29.8 Å². The van der Waals surface area contributed by atoms with Crippen LogP contribution in [0, 0.1) is 11.8 Å². The Labute approximate surface area is 230 Å². The molecule has 1 N–H and O–H groups in total. The maximum absolute atomic E-state index is 14.3. The fourth-order valence-electron chi connectivity index (χ4n) is 5.96. The molecule has 2 fully saturated rings. The second-order valence-electron chi connectivity index (χ2n) is 10.7. The molecule has 2 aliphatic heterocycles. The van der Waals surface area contributed by atoms with Crippen LogP contribution in [0.4, 0.5) is 18.9 Å². The van der Waals surface area contributed by atoms with Crippen molar-refractivity contribution in [2.75, 3.05) is 24.5 Å². The number of hydrogen-bond donors (Lipinski definition) is 1. The van der Waals surface area contributed by atoms with E-state index in [9.17, 15) is 26.4 Å². The topological polar surface area (TPSA) is 100 Å². The van der Waals surface area contributed by atoms with E-state index in [4.69, 9.17) is 0 Å². The molecule has 1 saturated carbocycles. The molecule has 1 aromatic carbocycles. The summed E-state index contributed by atoms with van der Waals surface area (Å²) in [6.07, 6.45) is 3.98. The summed E-state index contributed by atoms with van der Waals surface area (Å²) in [7, 11) is -1.84. The Bertz CT molecular complexity index is 1540. The molecule has 9 nitrogen and oxygen atoms in total. The van der Waals surface area contributed by atoms with Crippen molar-refractivity contribution in [3.05, 3.63) is 77.1 Å². The number of carbonyl (C=O) groups excluding carboxylic acids is 1. The molecular weight excluding hydrogens is 545 g/mol. The van der Waals surface area contributed by atoms with Gasteiger partial charge in [0.25, 0.3) is 10.2 Å². The summed E-state index contributed by atoms with van der Waals surface area (Å²) in [5.41, 5.74) is 0.605. The zero-order valence-electron chi connectivity index (χ0n) is 21.8. The molecule has 2 atom stereocenters. The number of rotatable bonds is 6. The number of benzene rings is 1. The van der Waals surface area contributed by atoms with E-state index in [1.165, 1.54) is 11.1 Å². The number of hydrogen-bond acceptors (Lipinski definition) is 5. The lowest BCUT2D eigenvalue weighted by Gasteiger charge is -2.33. The van der Waals surface area contributed by atoms with Gasteiger partial charge in [-0.2, -0.15) is 25.9 Å². The number of amides is 1. The summed E-state index contributed by atoms with van der Waals surface area (Å²) >= 11 is 0. The number of anilines is 1. The second kappa shape index (κ2) is 9.96. The molecule has 1 amide bonds. The van der Waals surface area contributed by atoms with Crippen LogP contribution in [0.25, 0.3) is 0 Å². The third kappa shape index (κ3) is 4.79. The van der Waals surface area contributed by atoms with Crippen LogP contribution in [-0.2, 0) is 22.1 Å². The van der Waals surface area contributed by atoms with Gasteiger partial charge in [0, 0.05) is 44.5 Å². The average molecular weight is 575 g/mol. The molecule has 0 spiro atoms. The summed E-state index contributed by atoms with van der Waals surface area (Å²) in [6, 6.07) is 7.36. The zero-order chi connectivity index (χ0) is 28.2. The van der Waals surface area contributed by atoms with E-state index in [-0.39, 0.29) is 43.1 Å². The van der Waals surface area contributed by atoms with Crippen LogP contribution >= 0.6 is 0 Å². The van der Waals surface area contributed by atoms with Crippen molar-refractivity contribution < 1.29 is 26.4 Å². The van der Waals surface area contributed by atoms with E-state index in [2.05, 4.69) is 14.9 Å². The van der Waals surface area contributed by atoms with Crippen LogP contribution in [0.15, 0.2) is 65.7 Å². The number of nitrogens with zero attached hydrogens (tertiary/aromatic N) is 5. The molecule has 0 bridgehead atoms. The Hall–Kier alpha value is -3.29. The third-order valence-electron chi connectivity index (χ3n) is 8.24. The van der Waals surface area contributed by atoms with E-state index in [1.54, 1.807) is 18.5 Å². The average Bonchev–Trinajstić information content (AvgIpc) is 3.49. The standard InChI is InChI=1S/C27H29F3N6O3S/c1-34-16-31-33-25(34)24(18-4-2-5-18)19-6-3-7-20(13-19)36-15-22-21(26(36)37)9-8-17(12-23(22)27(28,29)30)14-35-11-10-32-40(35,38)39/h3,6-8,12-13,15-16,18,21,24,32H,2,4-5,9-11,14H2,1H3/t21?,24-/m1/s1. The van der Waals surface area contributed by atoms with Gasteiger partial charge in [-0.25, -0.2) is 4.72 Å². The highest BCUT2D eigenvalue weighted by Crippen LogP contribution is 2.46. The van der Waals surface area contributed by atoms with Crippen LogP contribution in [0.3, 0.4) is 0 Å². The van der Waals surface area contributed by atoms with Gasteiger partial charge in [0.15, 0.2) is 0 Å². The van der Waals surface area contributed by atoms with Gasteiger partial charge in [-0.1, -0.05) is 24.6 Å². The zero-order valence-corrected chi connectivity index (χ0v) is 22.6. The lowest BCUT2D eigenvalue weighted by Crippen LogP contribution is -2.31. The molecule has 4 aliphatic rings. The number of aromatic nitrogens is 3. The van der Waals surface area contributed by atoms with Crippen LogP contribution < -0.4 is 9.62 Å². The second-order valence-corrected chi connectivity index (χ2v) is 12.5.